The van der Waals surface area contributed by atoms with E-state index in [0.717, 1.165) is 41.8 Å². The summed E-state index contributed by atoms with van der Waals surface area (Å²) in [5, 5.41) is 12.9. The number of hydrogen-bond acceptors (Lipinski definition) is 8. The number of carbonyl (C=O) groups is 2. The number of aryl methyl sites for hydroxylation is 1. The molecule has 0 aromatic carbocycles. The molecule has 35 heavy (non-hydrogen) atoms. The Bertz CT molecular complexity index is 1310. The van der Waals surface area contributed by atoms with E-state index in [2.05, 4.69) is 19.9 Å². The van der Waals surface area contributed by atoms with Crippen molar-refractivity contribution < 1.29 is 14.3 Å². The first kappa shape index (κ1) is 23.8. The van der Waals surface area contributed by atoms with Crippen molar-refractivity contribution in [1.82, 2.24) is 0 Å². The van der Waals surface area contributed by atoms with Crippen molar-refractivity contribution in [2.45, 2.75) is 65.2 Å². The lowest BCUT2D eigenvalue weighted by Gasteiger charge is -2.43. The predicted molar refractivity (Wildman–Crippen MR) is 138 cm³/mol. The van der Waals surface area contributed by atoms with Crippen LogP contribution in [0.2, 0.25) is 0 Å². The molecule has 0 fully saturated rings. The van der Waals surface area contributed by atoms with Crippen LogP contribution in [0.4, 0.5) is 5.00 Å². The molecule has 1 atom stereocenters. The molecule has 0 radical (unpaired) electrons. The standard InChI is InChI=1S/C27H29N3O3S2/c1-4-33-26(32)22-15-8-5-6-9-19(15)35-25(22)30-17-12-27(2,3)13-18(31)23(17)21(16(14-28)24(30)29)20-10-7-11-34-20/h7,10-11,21H,4-6,8-9,12-13,29H2,1-3H3/t21-/m0/s1. The number of thiophene rings is 2. The second-order valence-corrected chi connectivity index (χ2v) is 12.2. The fourth-order valence-corrected chi connectivity index (χ4v) is 7.86. The topological polar surface area (TPSA) is 96.4 Å². The summed E-state index contributed by atoms with van der Waals surface area (Å²) in [6.45, 7) is 6.24. The van der Waals surface area contributed by atoms with Crippen LogP contribution in [-0.4, -0.2) is 18.4 Å². The maximum absolute atomic E-state index is 13.7. The fraction of sp³-hybridized carbons (Fsp3) is 0.444. The molecule has 0 spiro atoms. The molecule has 2 aromatic heterocycles. The Labute approximate surface area is 213 Å². The summed E-state index contributed by atoms with van der Waals surface area (Å²) in [7, 11) is 0. The molecule has 182 valence electrons. The van der Waals surface area contributed by atoms with Gasteiger partial charge >= 0.3 is 5.97 Å². The van der Waals surface area contributed by atoms with Crippen LogP contribution in [0.3, 0.4) is 0 Å². The van der Waals surface area contributed by atoms with Crippen LogP contribution in [0.1, 0.15) is 78.0 Å². The van der Waals surface area contributed by atoms with Crippen molar-refractivity contribution in [2.75, 3.05) is 11.5 Å². The summed E-state index contributed by atoms with van der Waals surface area (Å²) in [6.07, 6.45) is 4.85. The van der Waals surface area contributed by atoms with E-state index in [-0.39, 0.29) is 23.8 Å². The Morgan fingerprint density at radius 3 is 2.77 bits per heavy atom. The van der Waals surface area contributed by atoms with Crippen molar-refractivity contribution >= 4 is 39.4 Å². The third-order valence-corrected chi connectivity index (χ3v) is 9.26. The molecule has 2 aliphatic carbocycles. The highest BCUT2D eigenvalue weighted by atomic mass is 32.1. The molecular weight excluding hydrogens is 478 g/mol. The highest BCUT2D eigenvalue weighted by molar-refractivity contribution is 7.16. The van der Waals surface area contributed by atoms with Crippen LogP contribution in [0.5, 0.6) is 0 Å². The minimum Gasteiger partial charge on any atom is -0.462 e. The maximum Gasteiger partial charge on any atom is 0.341 e. The first-order valence-corrected chi connectivity index (χ1v) is 13.8. The van der Waals surface area contributed by atoms with E-state index in [4.69, 9.17) is 10.5 Å². The number of rotatable bonds is 4. The zero-order chi connectivity index (χ0) is 24.9. The summed E-state index contributed by atoms with van der Waals surface area (Å²) in [5.41, 5.74) is 9.92. The van der Waals surface area contributed by atoms with Crippen LogP contribution in [0, 0.1) is 16.7 Å². The first-order valence-electron chi connectivity index (χ1n) is 12.1. The number of nitrogens with zero attached hydrogens (tertiary/aromatic N) is 2. The van der Waals surface area contributed by atoms with Gasteiger partial charge in [-0.05, 0) is 61.5 Å². The van der Waals surface area contributed by atoms with Crippen molar-refractivity contribution in [2.24, 2.45) is 11.1 Å². The molecule has 6 nitrogen and oxygen atoms in total. The SMILES string of the molecule is CCOC(=O)c1c(N2C(N)=C(C#N)[C@@H](c3cccs3)C3=C2CC(C)(C)CC3=O)sc2c1CCCC2. The van der Waals surface area contributed by atoms with E-state index in [1.807, 2.05) is 22.4 Å². The van der Waals surface area contributed by atoms with Crippen LogP contribution in [0.15, 0.2) is 40.2 Å². The Hall–Kier alpha value is -2.89. The van der Waals surface area contributed by atoms with Crippen molar-refractivity contribution in [1.29, 1.82) is 5.26 Å². The molecule has 2 N–H and O–H groups in total. The van der Waals surface area contributed by atoms with Gasteiger partial charge in [-0.1, -0.05) is 19.9 Å². The minimum absolute atomic E-state index is 0.0407. The number of fused-ring (bicyclic) bond motifs is 1. The minimum atomic E-state index is -0.476. The van der Waals surface area contributed by atoms with Gasteiger partial charge in [0.1, 0.15) is 10.8 Å². The molecule has 0 amide bonds. The summed E-state index contributed by atoms with van der Waals surface area (Å²) < 4.78 is 5.49. The second kappa shape index (κ2) is 8.96. The normalized spacial score (nSPS) is 21.5. The lowest BCUT2D eigenvalue weighted by atomic mass is 9.70. The third kappa shape index (κ3) is 3.91. The molecule has 0 saturated heterocycles. The van der Waals surface area contributed by atoms with Gasteiger partial charge in [-0.25, -0.2) is 4.79 Å². The number of hydrogen-bond donors (Lipinski definition) is 1. The van der Waals surface area contributed by atoms with E-state index in [0.29, 0.717) is 40.4 Å². The Morgan fingerprint density at radius 1 is 1.31 bits per heavy atom. The lowest BCUT2D eigenvalue weighted by molar-refractivity contribution is -0.118. The largest absolute Gasteiger partial charge is 0.462 e. The third-order valence-electron chi connectivity index (χ3n) is 7.04. The summed E-state index contributed by atoms with van der Waals surface area (Å²) >= 11 is 3.08. The van der Waals surface area contributed by atoms with E-state index in [1.165, 1.54) is 16.2 Å². The van der Waals surface area contributed by atoms with Gasteiger partial charge in [-0.2, -0.15) is 5.26 Å². The average molecular weight is 508 g/mol. The number of carbonyl (C=O) groups excluding carboxylic acids is 2. The van der Waals surface area contributed by atoms with E-state index < -0.39 is 5.92 Å². The Morgan fingerprint density at radius 2 is 2.09 bits per heavy atom. The average Bonchev–Trinajstić information content (AvgIpc) is 3.45. The van der Waals surface area contributed by atoms with Crippen LogP contribution >= 0.6 is 22.7 Å². The first-order chi connectivity index (χ1) is 16.8. The summed E-state index contributed by atoms with van der Waals surface area (Å²) in [5.74, 6) is -0.495. The number of esters is 1. The Kier molecular flexibility index (Phi) is 6.10. The highest BCUT2D eigenvalue weighted by Crippen LogP contribution is 2.53. The number of ketones is 1. The van der Waals surface area contributed by atoms with Gasteiger partial charge in [0.25, 0.3) is 0 Å². The van der Waals surface area contributed by atoms with Crippen molar-refractivity contribution in [3.63, 3.8) is 0 Å². The van der Waals surface area contributed by atoms with Gasteiger partial charge in [0, 0.05) is 27.4 Å². The van der Waals surface area contributed by atoms with Gasteiger partial charge in [-0.15, -0.1) is 22.7 Å². The van der Waals surface area contributed by atoms with Gasteiger partial charge in [0.15, 0.2) is 5.78 Å². The van der Waals surface area contributed by atoms with Gasteiger partial charge in [-0.3, -0.25) is 9.69 Å². The van der Waals surface area contributed by atoms with Crippen LogP contribution in [0.25, 0.3) is 0 Å². The van der Waals surface area contributed by atoms with Crippen molar-refractivity contribution in [3.05, 3.63) is 61.1 Å². The molecule has 0 saturated carbocycles. The maximum atomic E-state index is 13.7. The van der Waals surface area contributed by atoms with Gasteiger partial charge in [0.2, 0.25) is 0 Å². The van der Waals surface area contributed by atoms with Gasteiger partial charge < -0.3 is 10.5 Å². The number of ether oxygens (including phenoxy) is 1. The summed E-state index contributed by atoms with van der Waals surface area (Å²) in [4.78, 5) is 30.9. The lowest BCUT2D eigenvalue weighted by Crippen LogP contribution is -2.42. The second-order valence-electron chi connectivity index (χ2n) is 10.1. The Balaban J connectivity index is 1.79. The molecule has 1 aliphatic heterocycles. The monoisotopic (exact) mass is 507 g/mol. The molecule has 3 aliphatic rings. The smallest absolute Gasteiger partial charge is 0.341 e. The zero-order valence-corrected chi connectivity index (χ0v) is 21.9. The number of allylic oxidation sites excluding steroid dienone is 3. The molecule has 8 heteroatoms. The molecule has 0 unspecified atom stereocenters. The fourth-order valence-electron chi connectivity index (χ4n) is 5.60. The molecule has 5 rings (SSSR count). The molecular formula is C27H29N3O3S2. The quantitative estimate of drug-likeness (QED) is 0.525. The zero-order valence-electron chi connectivity index (χ0n) is 20.3. The number of Topliss-reactive ketones (excluding diaryl/α,β-unsaturated/α-hetero) is 1. The number of nitrogens with two attached hydrogens (primary N) is 1. The molecule has 2 aromatic rings. The van der Waals surface area contributed by atoms with Gasteiger partial charge in [0.05, 0.1) is 29.7 Å². The van der Waals surface area contributed by atoms with Crippen LogP contribution < -0.4 is 10.6 Å². The number of anilines is 1. The highest BCUT2D eigenvalue weighted by Gasteiger charge is 2.46. The molecule has 3 heterocycles. The summed E-state index contributed by atoms with van der Waals surface area (Å²) in [6, 6.07) is 6.21. The van der Waals surface area contributed by atoms with E-state index in [9.17, 15) is 14.9 Å². The predicted octanol–water partition coefficient (Wildman–Crippen LogP) is 5.81. The number of nitriles is 1. The van der Waals surface area contributed by atoms with Crippen LogP contribution in [-0.2, 0) is 22.4 Å². The van der Waals surface area contributed by atoms with Crippen molar-refractivity contribution in [3.8, 4) is 6.07 Å². The van der Waals surface area contributed by atoms with E-state index in [1.54, 1.807) is 18.3 Å². The van der Waals surface area contributed by atoms with E-state index >= 15 is 0 Å². The molecule has 0 bridgehead atoms.